The van der Waals surface area contributed by atoms with E-state index in [1.165, 1.54) is 11.1 Å². The lowest BCUT2D eigenvalue weighted by Gasteiger charge is -2.15. The maximum Gasteiger partial charge on any atom is 0.191 e. The molecular formula is C17H28N4O. The smallest absolute Gasteiger partial charge is 0.191 e. The van der Waals surface area contributed by atoms with Crippen molar-refractivity contribution in [2.75, 3.05) is 34.3 Å². The summed E-state index contributed by atoms with van der Waals surface area (Å²) in [5.41, 5.74) is 2.59. The third-order valence-corrected chi connectivity index (χ3v) is 3.69. The van der Waals surface area contributed by atoms with Gasteiger partial charge in [0.15, 0.2) is 5.96 Å². The van der Waals surface area contributed by atoms with Crippen LogP contribution in [0.3, 0.4) is 0 Å². The maximum atomic E-state index is 5.61. The van der Waals surface area contributed by atoms with Gasteiger partial charge >= 0.3 is 0 Å². The summed E-state index contributed by atoms with van der Waals surface area (Å²) in [5, 5.41) is 6.69. The third kappa shape index (κ3) is 5.66. The van der Waals surface area contributed by atoms with Crippen molar-refractivity contribution in [2.24, 2.45) is 4.99 Å². The van der Waals surface area contributed by atoms with Crippen LogP contribution in [0.2, 0.25) is 0 Å². The second-order valence-corrected chi connectivity index (χ2v) is 6.00. The van der Waals surface area contributed by atoms with Gasteiger partial charge in [-0.25, -0.2) is 0 Å². The summed E-state index contributed by atoms with van der Waals surface area (Å²) in [6.07, 6.45) is 2.62. The Morgan fingerprint density at radius 1 is 1.32 bits per heavy atom. The first kappa shape index (κ1) is 16.8. The van der Waals surface area contributed by atoms with E-state index in [1.807, 2.05) is 0 Å². The Balaban J connectivity index is 1.79. The molecule has 22 heavy (non-hydrogen) atoms. The monoisotopic (exact) mass is 304 g/mol. The summed E-state index contributed by atoms with van der Waals surface area (Å²) >= 11 is 0. The van der Waals surface area contributed by atoms with E-state index >= 15 is 0 Å². The largest absolute Gasteiger partial charge is 0.376 e. The highest BCUT2D eigenvalue weighted by Crippen LogP contribution is 2.10. The fourth-order valence-corrected chi connectivity index (χ4v) is 2.63. The van der Waals surface area contributed by atoms with Gasteiger partial charge in [-0.3, -0.25) is 4.99 Å². The quantitative estimate of drug-likeness (QED) is 0.619. The molecule has 5 heteroatoms. The minimum Gasteiger partial charge on any atom is -0.376 e. The number of guanidine groups is 1. The van der Waals surface area contributed by atoms with Crippen molar-refractivity contribution in [2.45, 2.75) is 32.0 Å². The molecule has 0 aliphatic carbocycles. The molecule has 0 spiro atoms. The van der Waals surface area contributed by atoms with Gasteiger partial charge in [0.25, 0.3) is 0 Å². The Labute approximate surface area is 133 Å². The van der Waals surface area contributed by atoms with Gasteiger partial charge in [-0.15, -0.1) is 0 Å². The van der Waals surface area contributed by atoms with E-state index in [2.05, 4.69) is 58.9 Å². The molecule has 0 radical (unpaired) electrons. The molecule has 122 valence electrons. The third-order valence-electron chi connectivity index (χ3n) is 3.69. The molecule has 1 heterocycles. The van der Waals surface area contributed by atoms with Crippen molar-refractivity contribution < 1.29 is 4.74 Å². The number of nitrogens with one attached hydrogen (secondary N) is 2. The van der Waals surface area contributed by atoms with Crippen LogP contribution in [-0.2, 0) is 17.8 Å². The highest BCUT2D eigenvalue weighted by atomic mass is 16.5. The van der Waals surface area contributed by atoms with Crippen molar-refractivity contribution in [3.8, 4) is 0 Å². The van der Waals surface area contributed by atoms with Crippen LogP contribution in [0.5, 0.6) is 0 Å². The molecular weight excluding hydrogens is 276 g/mol. The van der Waals surface area contributed by atoms with Crippen LogP contribution in [0.1, 0.15) is 24.0 Å². The van der Waals surface area contributed by atoms with Crippen LogP contribution in [0, 0.1) is 0 Å². The van der Waals surface area contributed by atoms with Crippen molar-refractivity contribution >= 4 is 5.96 Å². The van der Waals surface area contributed by atoms with E-state index in [9.17, 15) is 0 Å². The highest BCUT2D eigenvalue weighted by molar-refractivity contribution is 5.79. The Bertz CT molecular complexity index is 481. The van der Waals surface area contributed by atoms with E-state index in [-0.39, 0.29) is 0 Å². The lowest BCUT2D eigenvalue weighted by Crippen LogP contribution is -2.40. The van der Waals surface area contributed by atoms with Crippen molar-refractivity contribution in [3.05, 3.63) is 35.4 Å². The number of ether oxygens (including phenoxy) is 1. The lowest BCUT2D eigenvalue weighted by molar-refractivity contribution is 0.114. The molecule has 1 unspecified atom stereocenters. The Morgan fingerprint density at radius 2 is 2.14 bits per heavy atom. The molecule has 0 bridgehead atoms. The number of hydrogen-bond acceptors (Lipinski definition) is 3. The normalized spacial score (nSPS) is 18.7. The number of aliphatic imine (C=N–C) groups is 1. The van der Waals surface area contributed by atoms with Crippen LogP contribution < -0.4 is 10.6 Å². The average molecular weight is 304 g/mol. The summed E-state index contributed by atoms with van der Waals surface area (Å²) in [6.45, 7) is 3.43. The van der Waals surface area contributed by atoms with Crippen molar-refractivity contribution in [3.63, 3.8) is 0 Å². The first-order valence-electron chi connectivity index (χ1n) is 7.96. The van der Waals surface area contributed by atoms with Gasteiger partial charge in [-0.2, -0.15) is 0 Å². The van der Waals surface area contributed by atoms with Gasteiger partial charge in [0.05, 0.1) is 6.10 Å². The molecule has 1 fully saturated rings. The number of nitrogens with zero attached hydrogens (tertiary/aromatic N) is 2. The predicted molar refractivity (Wildman–Crippen MR) is 91.0 cm³/mol. The van der Waals surface area contributed by atoms with E-state index in [4.69, 9.17) is 4.74 Å². The van der Waals surface area contributed by atoms with Gasteiger partial charge in [-0.1, -0.05) is 24.3 Å². The fourth-order valence-electron chi connectivity index (χ4n) is 2.63. The molecule has 2 N–H and O–H groups in total. The summed E-state index contributed by atoms with van der Waals surface area (Å²) in [5.74, 6) is 0.827. The van der Waals surface area contributed by atoms with E-state index in [0.29, 0.717) is 6.10 Å². The summed E-state index contributed by atoms with van der Waals surface area (Å²) in [7, 11) is 5.97. The van der Waals surface area contributed by atoms with Gasteiger partial charge in [-0.05, 0) is 38.1 Å². The van der Waals surface area contributed by atoms with Gasteiger partial charge in [0.2, 0.25) is 0 Å². The molecule has 0 aromatic heterocycles. The van der Waals surface area contributed by atoms with Crippen LogP contribution in [-0.4, -0.2) is 51.3 Å². The molecule has 1 aliphatic heterocycles. The van der Waals surface area contributed by atoms with E-state index in [1.54, 1.807) is 7.05 Å². The standard InChI is InChI=1S/C17H28N4O/c1-18-17(20-12-16-8-5-9-22-16)19-11-14-6-4-7-15(10-14)13-21(2)3/h4,6-7,10,16H,5,8-9,11-13H2,1-3H3,(H2,18,19,20). The fraction of sp³-hybridized carbons (Fsp3) is 0.588. The zero-order valence-corrected chi connectivity index (χ0v) is 13.9. The van der Waals surface area contributed by atoms with Crippen LogP contribution in [0.15, 0.2) is 29.3 Å². The van der Waals surface area contributed by atoms with Gasteiger partial charge in [0.1, 0.15) is 0 Å². The molecule has 2 rings (SSSR count). The summed E-state index contributed by atoms with van der Waals surface area (Å²) in [6, 6.07) is 8.65. The zero-order valence-electron chi connectivity index (χ0n) is 13.9. The van der Waals surface area contributed by atoms with Crippen LogP contribution in [0.25, 0.3) is 0 Å². The molecule has 1 aromatic carbocycles. The first-order chi connectivity index (χ1) is 10.7. The molecule has 1 saturated heterocycles. The SMILES string of the molecule is CN=C(NCc1cccc(CN(C)C)c1)NCC1CCCO1. The number of hydrogen-bond donors (Lipinski definition) is 2. The minimum atomic E-state index is 0.321. The maximum absolute atomic E-state index is 5.61. The van der Waals surface area contributed by atoms with Crippen LogP contribution >= 0.6 is 0 Å². The van der Waals surface area contributed by atoms with E-state index in [0.717, 1.165) is 45.0 Å². The highest BCUT2D eigenvalue weighted by Gasteiger charge is 2.15. The molecule has 1 aliphatic rings. The molecule has 0 amide bonds. The summed E-state index contributed by atoms with van der Waals surface area (Å²) < 4.78 is 5.61. The Hall–Kier alpha value is -1.59. The predicted octanol–water partition coefficient (Wildman–Crippen LogP) is 1.59. The molecule has 5 nitrogen and oxygen atoms in total. The average Bonchev–Trinajstić information content (AvgIpc) is 3.00. The van der Waals surface area contributed by atoms with Crippen LogP contribution in [0.4, 0.5) is 0 Å². The minimum absolute atomic E-state index is 0.321. The molecule has 1 atom stereocenters. The zero-order chi connectivity index (χ0) is 15.8. The second-order valence-electron chi connectivity index (χ2n) is 6.00. The van der Waals surface area contributed by atoms with Gasteiger partial charge in [0, 0.05) is 33.3 Å². The number of rotatable bonds is 6. The Kier molecular flexibility index (Phi) is 6.68. The lowest BCUT2D eigenvalue weighted by atomic mass is 10.1. The van der Waals surface area contributed by atoms with Crippen molar-refractivity contribution in [1.29, 1.82) is 0 Å². The summed E-state index contributed by atoms with van der Waals surface area (Å²) in [4.78, 5) is 6.44. The molecule has 1 aromatic rings. The van der Waals surface area contributed by atoms with Gasteiger partial charge < -0.3 is 20.3 Å². The topological polar surface area (TPSA) is 48.9 Å². The Morgan fingerprint density at radius 3 is 2.82 bits per heavy atom. The number of benzene rings is 1. The second kappa shape index (κ2) is 8.76. The molecule has 0 saturated carbocycles. The van der Waals surface area contributed by atoms with E-state index < -0.39 is 0 Å². The first-order valence-corrected chi connectivity index (χ1v) is 7.96. The van der Waals surface area contributed by atoms with Crippen molar-refractivity contribution in [1.82, 2.24) is 15.5 Å².